The molecule has 0 aliphatic heterocycles. The second-order valence-electron chi connectivity index (χ2n) is 4.12. The Balaban J connectivity index is 2.15. The van der Waals surface area contributed by atoms with Crippen LogP contribution in [0.4, 0.5) is 5.69 Å². The predicted molar refractivity (Wildman–Crippen MR) is 82.8 cm³/mol. The summed E-state index contributed by atoms with van der Waals surface area (Å²) in [4.78, 5) is 4.51. The molecule has 17 heavy (non-hydrogen) atoms. The van der Waals surface area contributed by atoms with Crippen molar-refractivity contribution in [2.75, 3.05) is 5.32 Å². The number of hydrogen-bond donors (Lipinski definition) is 1. The molecule has 1 heterocycles. The fourth-order valence-corrected chi connectivity index (χ4v) is 3.03. The van der Waals surface area contributed by atoms with Crippen LogP contribution < -0.4 is 5.32 Å². The number of benzene rings is 1. The summed E-state index contributed by atoms with van der Waals surface area (Å²) in [6.07, 6.45) is 0. The van der Waals surface area contributed by atoms with Gasteiger partial charge < -0.3 is 5.32 Å². The number of halogens is 1. The lowest BCUT2D eigenvalue weighted by molar-refractivity contribution is 0.844. The highest BCUT2D eigenvalue weighted by atomic mass is 127. The topological polar surface area (TPSA) is 24.9 Å². The van der Waals surface area contributed by atoms with Crippen molar-refractivity contribution in [1.82, 2.24) is 4.98 Å². The van der Waals surface area contributed by atoms with E-state index in [1.54, 1.807) is 11.3 Å². The lowest BCUT2D eigenvalue weighted by Gasteiger charge is -2.15. The van der Waals surface area contributed by atoms with Gasteiger partial charge in [-0.15, -0.1) is 11.3 Å². The third-order valence-corrected chi connectivity index (χ3v) is 4.10. The van der Waals surface area contributed by atoms with E-state index >= 15 is 0 Å². The van der Waals surface area contributed by atoms with Gasteiger partial charge >= 0.3 is 0 Å². The van der Waals surface area contributed by atoms with Gasteiger partial charge in [0.25, 0.3) is 0 Å². The lowest BCUT2D eigenvalue weighted by Crippen LogP contribution is -2.08. The largest absolute Gasteiger partial charge is 0.377 e. The standard InChI is InChI=1S/C13H15IN2S/c1-8-6-11(14)4-5-12(8)15-9(2)13-7-17-10(3)16-13/h4-7,9,15H,1-3H3. The molecule has 0 amide bonds. The zero-order valence-electron chi connectivity index (χ0n) is 10.1. The third kappa shape index (κ3) is 3.19. The Morgan fingerprint density at radius 2 is 2.12 bits per heavy atom. The Kier molecular flexibility index (Phi) is 4.04. The second-order valence-corrected chi connectivity index (χ2v) is 6.42. The molecule has 1 N–H and O–H groups in total. The number of nitrogens with zero attached hydrogens (tertiary/aromatic N) is 1. The number of aryl methyl sites for hydroxylation is 2. The first-order valence-corrected chi connectivity index (χ1v) is 7.47. The first-order chi connectivity index (χ1) is 8.06. The molecule has 0 bridgehead atoms. The van der Waals surface area contributed by atoms with Crippen molar-refractivity contribution < 1.29 is 0 Å². The number of rotatable bonds is 3. The van der Waals surface area contributed by atoms with Crippen molar-refractivity contribution in [3.8, 4) is 0 Å². The molecule has 0 radical (unpaired) electrons. The molecule has 1 aromatic heterocycles. The van der Waals surface area contributed by atoms with Crippen LogP contribution in [0.1, 0.15) is 29.2 Å². The van der Waals surface area contributed by atoms with Crippen molar-refractivity contribution in [2.24, 2.45) is 0 Å². The zero-order chi connectivity index (χ0) is 12.4. The quantitative estimate of drug-likeness (QED) is 0.815. The van der Waals surface area contributed by atoms with Gasteiger partial charge in [-0.25, -0.2) is 4.98 Å². The molecule has 0 spiro atoms. The van der Waals surface area contributed by atoms with Gasteiger partial charge in [0.2, 0.25) is 0 Å². The summed E-state index contributed by atoms with van der Waals surface area (Å²) in [7, 11) is 0. The van der Waals surface area contributed by atoms with Crippen molar-refractivity contribution in [3.63, 3.8) is 0 Å². The molecule has 0 fully saturated rings. The molecule has 1 atom stereocenters. The van der Waals surface area contributed by atoms with Gasteiger partial charge in [0.15, 0.2) is 0 Å². The van der Waals surface area contributed by atoms with E-state index in [9.17, 15) is 0 Å². The third-order valence-electron chi connectivity index (χ3n) is 2.64. The van der Waals surface area contributed by atoms with E-state index in [2.05, 4.69) is 70.3 Å². The summed E-state index contributed by atoms with van der Waals surface area (Å²) in [6, 6.07) is 6.68. The average molecular weight is 358 g/mol. The predicted octanol–water partition coefficient (Wildman–Crippen LogP) is 4.54. The Bertz CT molecular complexity index is 522. The maximum atomic E-state index is 4.51. The summed E-state index contributed by atoms with van der Waals surface area (Å²) >= 11 is 4.03. The van der Waals surface area contributed by atoms with Gasteiger partial charge in [0.1, 0.15) is 0 Å². The molecular formula is C13H15IN2S. The molecule has 0 aliphatic rings. The van der Waals surface area contributed by atoms with Crippen LogP contribution in [-0.4, -0.2) is 4.98 Å². The van der Waals surface area contributed by atoms with E-state index < -0.39 is 0 Å². The molecule has 90 valence electrons. The van der Waals surface area contributed by atoms with E-state index in [0.29, 0.717) is 0 Å². The normalized spacial score (nSPS) is 12.5. The lowest BCUT2D eigenvalue weighted by atomic mass is 10.1. The Morgan fingerprint density at radius 1 is 1.35 bits per heavy atom. The minimum Gasteiger partial charge on any atom is -0.377 e. The van der Waals surface area contributed by atoms with Gasteiger partial charge in [0.05, 0.1) is 16.7 Å². The van der Waals surface area contributed by atoms with E-state index in [4.69, 9.17) is 0 Å². The van der Waals surface area contributed by atoms with E-state index in [1.807, 2.05) is 6.92 Å². The van der Waals surface area contributed by atoms with Crippen LogP contribution in [0.3, 0.4) is 0 Å². The smallest absolute Gasteiger partial charge is 0.0898 e. The maximum Gasteiger partial charge on any atom is 0.0898 e. The highest BCUT2D eigenvalue weighted by Crippen LogP contribution is 2.24. The van der Waals surface area contributed by atoms with Gasteiger partial charge in [-0.05, 0) is 67.1 Å². The molecule has 1 unspecified atom stereocenters. The highest BCUT2D eigenvalue weighted by Gasteiger charge is 2.09. The van der Waals surface area contributed by atoms with Crippen molar-refractivity contribution in [3.05, 3.63) is 43.4 Å². The van der Waals surface area contributed by atoms with Crippen LogP contribution in [-0.2, 0) is 0 Å². The molecule has 2 aromatic rings. The SMILES string of the molecule is Cc1nc(C(C)Nc2ccc(I)cc2C)cs1. The van der Waals surface area contributed by atoms with Crippen LogP contribution in [0.15, 0.2) is 23.6 Å². The molecular weight excluding hydrogens is 343 g/mol. The summed E-state index contributed by atoms with van der Waals surface area (Å²) in [6.45, 7) is 6.31. The fourth-order valence-electron chi connectivity index (χ4n) is 1.68. The molecule has 4 heteroatoms. The van der Waals surface area contributed by atoms with Gasteiger partial charge in [-0.2, -0.15) is 0 Å². The minimum atomic E-state index is 0.249. The van der Waals surface area contributed by atoms with Crippen molar-refractivity contribution >= 4 is 39.6 Å². The first kappa shape index (κ1) is 12.8. The number of nitrogens with one attached hydrogen (secondary N) is 1. The zero-order valence-corrected chi connectivity index (χ0v) is 13.1. The number of aromatic nitrogens is 1. The summed E-state index contributed by atoms with van der Waals surface area (Å²) in [5.74, 6) is 0. The van der Waals surface area contributed by atoms with Crippen LogP contribution in [0.25, 0.3) is 0 Å². The van der Waals surface area contributed by atoms with Crippen LogP contribution in [0, 0.1) is 17.4 Å². The van der Waals surface area contributed by atoms with Gasteiger partial charge in [-0.1, -0.05) is 0 Å². The van der Waals surface area contributed by atoms with E-state index in [1.165, 1.54) is 14.8 Å². The Hall–Kier alpha value is -0.620. The second kappa shape index (κ2) is 5.35. The van der Waals surface area contributed by atoms with Gasteiger partial charge in [0, 0.05) is 14.6 Å². The van der Waals surface area contributed by atoms with Crippen LogP contribution in [0.2, 0.25) is 0 Å². The summed E-state index contributed by atoms with van der Waals surface area (Å²) < 4.78 is 1.27. The molecule has 0 saturated carbocycles. The number of thiazole rings is 1. The van der Waals surface area contributed by atoms with E-state index in [0.717, 1.165) is 10.7 Å². The molecule has 0 aliphatic carbocycles. The Morgan fingerprint density at radius 3 is 2.71 bits per heavy atom. The summed E-state index contributed by atoms with van der Waals surface area (Å²) in [5.41, 5.74) is 3.57. The molecule has 1 aromatic carbocycles. The maximum absolute atomic E-state index is 4.51. The highest BCUT2D eigenvalue weighted by molar-refractivity contribution is 14.1. The minimum absolute atomic E-state index is 0.249. The summed E-state index contributed by atoms with van der Waals surface area (Å²) in [5, 5.41) is 6.75. The van der Waals surface area contributed by atoms with Gasteiger partial charge in [-0.3, -0.25) is 0 Å². The number of anilines is 1. The van der Waals surface area contributed by atoms with Crippen molar-refractivity contribution in [1.29, 1.82) is 0 Å². The Labute approximate surface area is 120 Å². The molecule has 2 nitrogen and oxygen atoms in total. The molecule has 0 saturated heterocycles. The monoisotopic (exact) mass is 358 g/mol. The van der Waals surface area contributed by atoms with Crippen molar-refractivity contribution in [2.45, 2.75) is 26.8 Å². The van der Waals surface area contributed by atoms with Crippen LogP contribution >= 0.6 is 33.9 Å². The molecule has 2 rings (SSSR count). The average Bonchev–Trinajstić information content (AvgIpc) is 2.69. The van der Waals surface area contributed by atoms with E-state index in [-0.39, 0.29) is 6.04 Å². The fraction of sp³-hybridized carbons (Fsp3) is 0.308. The van der Waals surface area contributed by atoms with Crippen LogP contribution in [0.5, 0.6) is 0 Å². The number of hydrogen-bond acceptors (Lipinski definition) is 3. The first-order valence-electron chi connectivity index (χ1n) is 5.51.